The molecule has 2 heterocycles. The van der Waals surface area contributed by atoms with Crippen molar-refractivity contribution < 1.29 is 22.4 Å². The maximum absolute atomic E-state index is 13.6. The highest BCUT2D eigenvalue weighted by Gasteiger charge is 2.41. The SMILES string of the molecule is CC1CCCc2c(C(F)(F)F)nn(-c3cccc(C(=O)N(C)c4cncc(F)c4)c3)c21. The van der Waals surface area contributed by atoms with Crippen molar-refractivity contribution >= 4 is 11.6 Å². The third-order valence-corrected chi connectivity index (χ3v) is 5.54. The monoisotopic (exact) mass is 432 g/mol. The van der Waals surface area contributed by atoms with Crippen molar-refractivity contribution in [3.63, 3.8) is 0 Å². The van der Waals surface area contributed by atoms with Crippen LogP contribution in [0.2, 0.25) is 0 Å². The largest absolute Gasteiger partial charge is 0.435 e. The van der Waals surface area contributed by atoms with Gasteiger partial charge in [-0.2, -0.15) is 18.3 Å². The molecular formula is C22H20F4N4O. The molecule has 4 rings (SSSR count). The van der Waals surface area contributed by atoms with Crippen LogP contribution in [0.3, 0.4) is 0 Å². The van der Waals surface area contributed by atoms with Crippen LogP contribution < -0.4 is 4.90 Å². The average molecular weight is 432 g/mol. The summed E-state index contributed by atoms with van der Waals surface area (Å²) in [5.41, 5.74) is 0.771. The van der Waals surface area contributed by atoms with Crippen LogP contribution >= 0.6 is 0 Å². The number of aromatic nitrogens is 3. The zero-order valence-electron chi connectivity index (χ0n) is 16.9. The standard InChI is InChI=1S/C22H20F4N4O/c1-13-5-3-8-18-19(13)30(28-20(18)22(24,25)26)16-7-4-6-14(9-16)21(31)29(2)17-10-15(23)11-27-12-17/h4,6-7,9-13H,3,5,8H2,1-2H3. The summed E-state index contributed by atoms with van der Waals surface area (Å²) in [6, 6.07) is 7.44. The van der Waals surface area contributed by atoms with Crippen LogP contribution in [0.25, 0.3) is 5.69 Å². The van der Waals surface area contributed by atoms with Crippen LogP contribution in [-0.2, 0) is 12.6 Å². The van der Waals surface area contributed by atoms with Gasteiger partial charge in [0.1, 0.15) is 5.82 Å². The number of fused-ring (bicyclic) bond motifs is 1. The van der Waals surface area contributed by atoms with Gasteiger partial charge in [0.05, 0.1) is 29.5 Å². The van der Waals surface area contributed by atoms with E-state index in [0.29, 0.717) is 24.2 Å². The van der Waals surface area contributed by atoms with Crippen LogP contribution in [0.5, 0.6) is 0 Å². The fourth-order valence-electron chi connectivity index (χ4n) is 4.03. The molecule has 1 atom stereocenters. The molecule has 2 aromatic heterocycles. The molecule has 0 spiro atoms. The highest BCUT2D eigenvalue weighted by Crippen LogP contribution is 2.40. The zero-order valence-corrected chi connectivity index (χ0v) is 16.9. The van der Waals surface area contributed by atoms with Gasteiger partial charge in [-0.1, -0.05) is 13.0 Å². The molecule has 0 aliphatic heterocycles. The van der Waals surface area contributed by atoms with Gasteiger partial charge in [-0.05, 0) is 43.4 Å². The van der Waals surface area contributed by atoms with E-state index >= 15 is 0 Å². The van der Waals surface area contributed by atoms with Crippen molar-refractivity contribution in [1.29, 1.82) is 0 Å². The molecule has 31 heavy (non-hydrogen) atoms. The predicted molar refractivity (Wildman–Crippen MR) is 107 cm³/mol. The van der Waals surface area contributed by atoms with E-state index < -0.39 is 23.6 Å². The quantitative estimate of drug-likeness (QED) is 0.539. The van der Waals surface area contributed by atoms with Gasteiger partial charge >= 0.3 is 6.18 Å². The molecule has 0 radical (unpaired) electrons. The molecule has 1 amide bonds. The first kappa shape index (κ1) is 21.0. The summed E-state index contributed by atoms with van der Waals surface area (Å²) < 4.78 is 55.6. The molecule has 1 aliphatic carbocycles. The number of benzene rings is 1. The lowest BCUT2D eigenvalue weighted by molar-refractivity contribution is -0.142. The predicted octanol–water partition coefficient (Wildman–Crippen LogP) is 5.14. The molecule has 3 aromatic rings. The van der Waals surface area contributed by atoms with E-state index in [1.165, 1.54) is 35.0 Å². The number of nitrogens with zero attached hydrogens (tertiary/aromatic N) is 4. The summed E-state index contributed by atoms with van der Waals surface area (Å²) in [7, 11) is 1.48. The van der Waals surface area contributed by atoms with Gasteiger partial charge in [0.15, 0.2) is 5.69 Å². The van der Waals surface area contributed by atoms with E-state index in [4.69, 9.17) is 0 Å². The van der Waals surface area contributed by atoms with Crippen LogP contribution in [0.1, 0.15) is 53.0 Å². The molecule has 0 saturated heterocycles. The molecule has 0 bridgehead atoms. The van der Waals surface area contributed by atoms with Gasteiger partial charge in [-0.3, -0.25) is 9.78 Å². The van der Waals surface area contributed by atoms with Gasteiger partial charge in [-0.25, -0.2) is 9.07 Å². The van der Waals surface area contributed by atoms with Crippen LogP contribution in [0.15, 0.2) is 42.7 Å². The second-order valence-electron chi connectivity index (χ2n) is 7.69. The molecule has 9 heteroatoms. The third kappa shape index (κ3) is 3.92. The number of alkyl halides is 3. The molecule has 1 aliphatic rings. The van der Waals surface area contributed by atoms with Crippen LogP contribution in [-0.4, -0.2) is 27.7 Å². The fourth-order valence-corrected chi connectivity index (χ4v) is 4.03. The number of halogens is 4. The normalized spacial score (nSPS) is 16.1. The van der Waals surface area contributed by atoms with Crippen molar-refractivity contribution in [2.45, 2.75) is 38.3 Å². The topological polar surface area (TPSA) is 51.0 Å². The van der Waals surface area contributed by atoms with E-state index in [-0.39, 0.29) is 22.7 Å². The second-order valence-corrected chi connectivity index (χ2v) is 7.69. The van der Waals surface area contributed by atoms with Gasteiger partial charge < -0.3 is 4.90 Å². The molecule has 0 N–H and O–H groups in total. The van der Waals surface area contributed by atoms with Gasteiger partial charge in [0, 0.05) is 24.2 Å². The smallest absolute Gasteiger partial charge is 0.310 e. The highest BCUT2D eigenvalue weighted by atomic mass is 19.4. The molecular weight excluding hydrogens is 412 g/mol. The Morgan fingerprint density at radius 2 is 2.00 bits per heavy atom. The van der Waals surface area contributed by atoms with Crippen molar-refractivity contribution in [2.24, 2.45) is 0 Å². The van der Waals surface area contributed by atoms with E-state index in [0.717, 1.165) is 12.6 Å². The minimum Gasteiger partial charge on any atom is -0.310 e. The Bertz CT molecular complexity index is 1140. The number of pyridine rings is 1. The van der Waals surface area contributed by atoms with Gasteiger partial charge in [0.2, 0.25) is 0 Å². The molecule has 0 saturated carbocycles. The lowest BCUT2D eigenvalue weighted by atomic mass is 9.87. The van der Waals surface area contributed by atoms with Gasteiger partial charge in [0.25, 0.3) is 5.91 Å². The first-order chi connectivity index (χ1) is 14.7. The van der Waals surface area contributed by atoms with E-state index in [1.807, 2.05) is 6.92 Å². The Morgan fingerprint density at radius 1 is 1.23 bits per heavy atom. The van der Waals surface area contributed by atoms with E-state index in [2.05, 4.69) is 10.1 Å². The minimum absolute atomic E-state index is 0.0900. The Hall–Kier alpha value is -3.23. The Kier molecular flexibility index (Phi) is 5.28. The number of anilines is 1. The molecule has 0 fully saturated rings. The minimum atomic E-state index is -4.55. The summed E-state index contributed by atoms with van der Waals surface area (Å²) in [5, 5.41) is 3.91. The Balaban J connectivity index is 1.75. The molecule has 162 valence electrons. The lowest BCUT2D eigenvalue weighted by Gasteiger charge is -2.22. The number of hydrogen-bond acceptors (Lipinski definition) is 3. The Morgan fingerprint density at radius 3 is 2.71 bits per heavy atom. The molecule has 1 aromatic carbocycles. The zero-order chi connectivity index (χ0) is 22.3. The van der Waals surface area contributed by atoms with Crippen LogP contribution in [0.4, 0.5) is 23.2 Å². The summed E-state index contributed by atoms with van der Waals surface area (Å²) >= 11 is 0. The van der Waals surface area contributed by atoms with E-state index in [1.54, 1.807) is 18.2 Å². The lowest BCUT2D eigenvalue weighted by Crippen LogP contribution is -2.26. The number of carbonyl (C=O) groups excluding carboxylic acids is 1. The van der Waals surface area contributed by atoms with Crippen molar-refractivity contribution in [1.82, 2.24) is 14.8 Å². The Labute approximate surface area is 176 Å². The molecule has 5 nitrogen and oxygen atoms in total. The van der Waals surface area contributed by atoms with Crippen molar-refractivity contribution in [3.8, 4) is 5.69 Å². The third-order valence-electron chi connectivity index (χ3n) is 5.54. The summed E-state index contributed by atoms with van der Waals surface area (Å²) in [6.45, 7) is 1.88. The highest BCUT2D eigenvalue weighted by molar-refractivity contribution is 6.05. The first-order valence-corrected chi connectivity index (χ1v) is 9.85. The van der Waals surface area contributed by atoms with Crippen molar-refractivity contribution in [2.75, 3.05) is 11.9 Å². The maximum atomic E-state index is 13.6. The summed E-state index contributed by atoms with van der Waals surface area (Å²) in [5.74, 6) is -1.12. The number of rotatable bonds is 3. The second kappa shape index (κ2) is 7.79. The number of amides is 1. The fraction of sp³-hybridized carbons (Fsp3) is 0.318. The van der Waals surface area contributed by atoms with Crippen molar-refractivity contribution in [3.05, 3.63) is 71.1 Å². The number of hydrogen-bond donors (Lipinski definition) is 0. The van der Waals surface area contributed by atoms with E-state index in [9.17, 15) is 22.4 Å². The van der Waals surface area contributed by atoms with Gasteiger partial charge in [-0.15, -0.1) is 0 Å². The average Bonchev–Trinajstić information content (AvgIpc) is 3.14. The summed E-state index contributed by atoms with van der Waals surface area (Å²) in [6.07, 6.45) is -0.403. The number of carbonyl (C=O) groups is 1. The first-order valence-electron chi connectivity index (χ1n) is 9.85. The molecule has 1 unspecified atom stereocenters. The van der Waals surface area contributed by atoms with Crippen LogP contribution in [0, 0.1) is 5.82 Å². The summed E-state index contributed by atoms with van der Waals surface area (Å²) in [4.78, 5) is 17.9. The maximum Gasteiger partial charge on any atom is 0.435 e.